The van der Waals surface area contributed by atoms with Gasteiger partial charge in [-0.3, -0.25) is 9.48 Å². The smallest absolute Gasteiger partial charge is 0.267 e. The number of carbonyl (C=O) groups excluding carboxylic acids is 1. The van der Waals surface area contributed by atoms with Gasteiger partial charge in [0, 0.05) is 16.1 Å². The van der Waals surface area contributed by atoms with Crippen LogP contribution in [0.4, 0.5) is 0 Å². The van der Waals surface area contributed by atoms with Gasteiger partial charge in [0.05, 0.1) is 18.5 Å². The van der Waals surface area contributed by atoms with Crippen molar-refractivity contribution in [1.29, 1.82) is 0 Å². The fourth-order valence-corrected chi connectivity index (χ4v) is 2.94. The lowest BCUT2D eigenvalue weighted by molar-refractivity contribution is 0.0955. The average molecular weight is 338 g/mol. The molecule has 1 aromatic carbocycles. The van der Waals surface area contributed by atoms with Crippen LogP contribution in [-0.2, 0) is 6.54 Å². The number of benzene rings is 1. The molecule has 0 saturated heterocycles. The van der Waals surface area contributed by atoms with Crippen LogP contribution in [-0.4, -0.2) is 21.9 Å². The van der Waals surface area contributed by atoms with Crippen molar-refractivity contribution < 1.29 is 4.79 Å². The van der Waals surface area contributed by atoms with E-state index in [-0.39, 0.29) is 5.91 Å². The Kier molecular flexibility index (Phi) is 4.86. The highest BCUT2D eigenvalue weighted by molar-refractivity contribution is 7.11. The Morgan fingerprint density at radius 2 is 2.08 bits per heavy atom. The summed E-state index contributed by atoms with van der Waals surface area (Å²) in [5, 5.41) is 10.4. The zero-order valence-electron chi connectivity index (χ0n) is 13.6. The minimum atomic E-state index is -0.222. The maximum Gasteiger partial charge on any atom is 0.271 e. The number of nitrogens with one attached hydrogen (secondary N) is 1. The second-order valence-electron chi connectivity index (χ2n) is 5.50. The topological polar surface area (TPSA) is 59.3 Å². The summed E-state index contributed by atoms with van der Waals surface area (Å²) in [5.41, 5.74) is 6.34. The van der Waals surface area contributed by atoms with Crippen molar-refractivity contribution in [2.45, 2.75) is 20.4 Å². The van der Waals surface area contributed by atoms with Crippen molar-refractivity contribution in [3.05, 3.63) is 75.2 Å². The van der Waals surface area contributed by atoms with Gasteiger partial charge >= 0.3 is 0 Å². The molecule has 2 heterocycles. The van der Waals surface area contributed by atoms with E-state index in [1.807, 2.05) is 54.2 Å². The SMILES string of the molecule is Cc1cc(C)n(Cc2ccc(C(=O)NN=Cc3cccs3)cc2)n1. The summed E-state index contributed by atoms with van der Waals surface area (Å²) in [6.07, 6.45) is 1.64. The molecule has 0 radical (unpaired) electrons. The second kappa shape index (κ2) is 7.23. The number of hydrogen-bond donors (Lipinski definition) is 1. The van der Waals surface area contributed by atoms with Gasteiger partial charge in [-0.2, -0.15) is 10.2 Å². The first-order chi connectivity index (χ1) is 11.6. The summed E-state index contributed by atoms with van der Waals surface area (Å²) < 4.78 is 1.95. The Balaban J connectivity index is 1.61. The molecular formula is C18H18N4OS. The molecule has 122 valence electrons. The molecule has 0 aliphatic carbocycles. The molecule has 0 bridgehead atoms. The maximum atomic E-state index is 12.1. The fourth-order valence-electron chi connectivity index (χ4n) is 2.35. The Labute approximate surface area is 144 Å². The second-order valence-corrected chi connectivity index (χ2v) is 6.48. The molecule has 6 heteroatoms. The molecule has 0 unspecified atom stereocenters. The molecule has 0 atom stereocenters. The minimum Gasteiger partial charge on any atom is -0.267 e. The number of rotatable bonds is 5. The normalized spacial score (nSPS) is 11.1. The van der Waals surface area contributed by atoms with Gasteiger partial charge in [0.25, 0.3) is 5.91 Å². The van der Waals surface area contributed by atoms with E-state index in [1.165, 1.54) is 0 Å². The van der Waals surface area contributed by atoms with Gasteiger partial charge in [-0.1, -0.05) is 18.2 Å². The third kappa shape index (κ3) is 3.97. The molecule has 0 saturated carbocycles. The van der Waals surface area contributed by atoms with E-state index in [4.69, 9.17) is 0 Å². The molecule has 0 aliphatic rings. The third-order valence-electron chi connectivity index (χ3n) is 3.55. The van der Waals surface area contributed by atoms with Crippen LogP contribution in [0.3, 0.4) is 0 Å². The highest BCUT2D eigenvalue weighted by atomic mass is 32.1. The van der Waals surface area contributed by atoms with Gasteiger partial charge in [-0.15, -0.1) is 11.3 Å². The molecule has 0 fully saturated rings. The number of carbonyl (C=O) groups is 1. The quantitative estimate of drug-likeness (QED) is 0.573. The molecular weight excluding hydrogens is 320 g/mol. The highest BCUT2D eigenvalue weighted by Gasteiger charge is 2.06. The molecule has 3 rings (SSSR count). The zero-order valence-corrected chi connectivity index (χ0v) is 14.4. The maximum absolute atomic E-state index is 12.1. The Hall–Kier alpha value is -2.73. The Bertz CT molecular complexity index is 848. The van der Waals surface area contributed by atoms with Crippen LogP contribution >= 0.6 is 11.3 Å². The Morgan fingerprint density at radius 3 is 2.71 bits per heavy atom. The summed E-state index contributed by atoms with van der Waals surface area (Å²) in [6.45, 7) is 4.71. The van der Waals surface area contributed by atoms with Crippen molar-refractivity contribution in [3.63, 3.8) is 0 Å². The highest BCUT2D eigenvalue weighted by Crippen LogP contribution is 2.09. The van der Waals surface area contributed by atoms with Gasteiger partial charge in [-0.05, 0) is 49.1 Å². The van der Waals surface area contributed by atoms with E-state index in [0.717, 1.165) is 21.8 Å². The number of hydrogen-bond acceptors (Lipinski definition) is 4. The molecule has 1 amide bonds. The number of aryl methyl sites for hydroxylation is 2. The van der Waals surface area contributed by atoms with Crippen LogP contribution < -0.4 is 5.43 Å². The first-order valence-corrected chi connectivity index (χ1v) is 8.47. The van der Waals surface area contributed by atoms with Crippen molar-refractivity contribution >= 4 is 23.5 Å². The molecule has 1 N–H and O–H groups in total. The molecule has 3 aromatic rings. The summed E-state index contributed by atoms with van der Waals surface area (Å²) in [6, 6.07) is 13.4. The summed E-state index contributed by atoms with van der Waals surface area (Å²) in [5.74, 6) is -0.222. The van der Waals surface area contributed by atoms with E-state index in [2.05, 4.69) is 15.6 Å². The summed E-state index contributed by atoms with van der Waals surface area (Å²) >= 11 is 1.57. The van der Waals surface area contributed by atoms with Crippen LogP contribution in [0.15, 0.2) is 52.9 Å². The number of aromatic nitrogens is 2. The molecule has 5 nitrogen and oxygen atoms in total. The predicted molar refractivity (Wildman–Crippen MR) is 96.6 cm³/mol. The van der Waals surface area contributed by atoms with Crippen molar-refractivity contribution in [3.8, 4) is 0 Å². The standard InChI is InChI=1S/C18H18N4OS/c1-13-10-14(2)22(21-13)12-15-5-7-16(8-6-15)18(23)20-19-11-17-4-3-9-24-17/h3-11H,12H2,1-2H3,(H,20,23). The van der Waals surface area contributed by atoms with Crippen LogP contribution in [0.2, 0.25) is 0 Å². The van der Waals surface area contributed by atoms with Crippen molar-refractivity contribution in [1.82, 2.24) is 15.2 Å². The summed E-state index contributed by atoms with van der Waals surface area (Å²) in [4.78, 5) is 13.1. The van der Waals surface area contributed by atoms with Gasteiger partial charge in [0.15, 0.2) is 0 Å². The average Bonchev–Trinajstić information content (AvgIpc) is 3.18. The van der Waals surface area contributed by atoms with Crippen LogP contribution in [0.5, 0.6) is 0 Å². The van der Waals surface area contributed by atoms with Crippen LogP contribution in [0.25, 0.3) is 0 Å². The van der Waals surface area contributed by atoms with E-state index in [1.54, 1.807) is 29.7 Å². The van der Waals surface area contributed by atoms with Crippen molar-refractivity contribution in [2.75, 3.05) is 0 Å². The molecule has 0 aliphatic heterocycles. The van der Waals surface area contributed by atoms with Gasteiger partial charge in [0.2, 0.25) is 0 Å². The van der Waals surface area contributed by atoms with E-state index in [0.29, 0.717) is 12.1 Å². The van der Waals surface area contributed by atoms with Gasteiger partial charge in [-0.25, -0.2) is 5.43 Å². The first kappa shape index (κ1) is 16.1. The largest absolute Gasteiger partial charge is 0.271 e. The van der Waals surface area contributed by atoms with Crippen LogP contribution in [0.1, 0.15) is 32.2 Å². The lowest BCUT2D eigenvalue weighted by atomic mass is 10.1. The van der Waals surface area contributed by atoms with Crippen molar-refractivity contribution in [2.24, 2.45) is 5.10 Å². The predicted octanol–water partition coefficient (Wildman–Crippen LogP) is 3.37. The van der Waals surface area contributed by atoms with Crippen LogP contribution in [0, 0.1) is 13.8 Å². The monoisotopic (exact) mass is 338 g/mol. The third-order valence-corrected chi connectivity index (χ3v) is 4.36. The number of amides is 1. The van der Waals surface area contributed by atoms with Gasteiger partial charge < -0.3 is 0 Å². The fraction of sp³-hybridized carbons (Fsp3) is 0.167. The number of hydrazone groups is 1. The molecule has 24 heavy (non-hydrogen) atoms. The zero-order chi connectivity index (χ0) is 16.9. The number of thiophene rings is 1. The van der Waals surface area contributed by atoms with E-state index in [9.17, 15) is 4.79 Å². The number of nitrogens with zero attached hydrogens (tertiary/aromatic N) is 3. The van der Waals surface area contributed by atoms with E-state index < -0.39 is 0 Å². The lowest BCUT2D eigenvalue weighted by Gasteiger charge is -2.06. The summed E-state index contributed by atoms with van der Waals surface area (Å²) in [7, 11) is 0. The first-order valence-electron chi connectivity index (χ1n) is 7.59. The van der Waals surface area contributed by atoms with E-state index >= 15 is 0 Å². The molecule has 2 aromatic heterocycles. The Morgan fingerprint density at radius 1 is 1.29 bits per heavy atom. The minimum absolute atomic E-state index is 0.222. The molecule has 0 spiro atoms. The van der Waals surface area contributed by atoms with Gasteiger partial charge in [0.1, 0.15) is 0 Å². The lowest BCUT2D eigenvalue weighted by Crippen LogP contribution is -2.17.